The lowest BCUT2D eigenvalue weighted by atomic mass is 10.1. The van der Waals surface area contributed by atoms with E-state index in [-0.39, 0.29) is 11.2 Å². The number of thiophene rings is 1. The summed E-state index contributed by atoms with van der Waals surface area (Å²) in [5, 5.41) is 3.48. The van der Waals surface area contributed by atoms with Crippen LogP contribution in [0.15, 0.2) is 34.7 Å². The van der Waals surface area contributed by atoms with Gasteiger partial charge >= 0.3 is 0 Å². The van der Waals surface area contributed by atoms with Crippen LogP contribution in [0.2, 0.25) is 0 Å². The zero-order valence-corrected chi connectivity index (χ0v) is 15.9. The highest BCUT2D eigenvalue weighted by atomic mass is 32.2. The van der Waals surface area contributed by atoms with Crippen molar-refractivity contribution in [3.8, 4) is 16.9 Å². The minimum atomic E-state index is -0.356. The molecule has 1 aromatic carbocycles. The van der Waals surface area contributed by atoms with Crippen molar-refractivity contribution < 1.29 is 9.53 Å². The summed E-state index contributed by atoms with van der Waals surface area (Å²) in [5.41, 5.74) is 7.54. The number of carbonyl (C=O) groups excluding carboxylic acids is 1. The Morgan fingerprint density at radius 2 is 2.04 bits per heavy atom. The first-order valence-corrected chi connectivity index (χ1v) is 9.70. The Kier molecular flexibility index (Phi) is 5.24. The van der Waals surface area contributed by atoms with Crippen LogP contribution in [-0.4, -0.2) is 27.7 Å². The fourth-order valence-corrected chi connectivity index (χ4v) is 4.45. The van der Waals surface area contributed by atoms with Crippen LogP contribution in [0, 0.1) is 6.92 Å². The molecule has 2 N–H and O–H groups in total. The molecule has 1 unspecified atom stereocenters. The number of thioether (sulfide) groups is 1. The Labute approximate surface area is 154 Å². The normalized spacial score (nSPS) is 12.3. The average molecular weight is 374 g/mol. The van der Waals surface area contributed by atoms with Crippen LogP contribution in [0.1, 0.15) is 19.7 Å². The summed E-state index contributed by atoms with van der Waals surface area (Å²) in [5.74, 6) is 1.17. The molecule has 0 saturated heterocycles. The van der Waals surface area contributed by atoms with Crippen molar-refractivity contribution in [3.63, 3.8) is 0 Å². The molecule has 2 heterocycles. The molecule has 2 aromatic heterocycles. The predicted molar refractivity (Wildman–Crippen MR) is 103 cm³/mol. The van der Waals surface area contributed by atoms with E-state index in [0.717, 1.165) is 32.1 Å². The molecule has 0 saturated carbocycles. The molecule has 0 spiro atoms. The topological polar surface area (TPSA) is 78.1 Å². The Balaban J connectivity index is 2.08. The first-order chi connectivity index (χ1) is 12.0. The smallest absolute Gasteiger partial charge is 0.230 e. The van der Waals surface area contributed by atoms with E-state index in [4.69, 9.17) is 10.5 Å². The van der Waals surface area contributed by atoms with Crippen molar-refractivity contribution in [2.24, 2.45) is 5.73 Å². The number of primary amides is 1. The van der Waals surface area contributed by atoms with Crippen molar-refractivity contribution in [2.75, 3.05) is 6.61 Å². The Bertz CT molecular complexity index is 907. The molecule has 25 heavy (non-hydrogen) atoms. The standard InChI is InChI=1S/C18H19N3O2S2/c1-4-23-13-7-5-12(6-8-13)14-9-24-17-15(14)18(21-11(3)20-17)25-10(2)16(19)22/h5-10H,4H2,1-3H3,(H2,19,22). The molecule has 130 valence electrons. The number of nitrogens with two attached hydrogens (primary N) is 1. The number of fused-ring (bicyclic) bond motifs is 1. The number of ether oxygens (including phenoxy) is 1. The summed E-state index contributed by atoms with van der Waals surface area (Å²) in [7, 11) is 0. The summed E-state index contributed by atoms with van der Waals surface area (Å²) in [6.45, 7) is 6.25. The maximum absolute atomic E-state index is 11.5. The van der Waals surface area contributed by atoms with E-state index in [9.17, 15) is 4.79 Å². The zero-order valence-electron chi connectivity index (χ0n) is 14.3. The summed E-state index contributed by atoms with van der Waals surface area (Å²) in [4.78, 5) is 21.5. The van der Waals surface area contributed by atoms with Crippen LogP contribution in [0.5, 0.6) is 5.75 Å². The van der Waals surface area contributed by atoms with E-state index in [1.807, 2.05) is 38.1 Å². The van der Waals surface area contributed by atoms with E-state index in [2.05, 4.69) is 15.3 Å². The van der Waals surface area contributed by atoms with E-state index >= 15 is 0 Å². The van der Waals surface area contributed by atoms with Gasteiger partial charge in [0.1, 0.15) is 21.4 Å². The van der Waals surface area contributed by atoms with E-state index in [0.29, 0.717) is 12.4 Å². The van der Waals surface area contributed by atoms with Gasteiger partial charge in [-0.2, -0.15) is 0 Å². The number of rotatable bonds is 6. The molecule has 3 aromatic rings. The maximum atomic E-state index is 11.5. The fraction of sp³-hybridized carbons (Fsp3) is 0.278. The number of hydrogen-bond donors (Lipinski definition) is 1. The first kappa shape index (κ1) is 17.7. The van der Waals surface area contributed by atoms with Gasteiger partial charge in [-0.25, -0.2) is 9.97 Å². The molecule has 0 aliphatic heterocycles. The second-order valence-corrected chi connectivity index (χ2v) is 7.71. The predicted octanol–water partition coefficient (Wildman–Crippen LogP) is 4.03. The number of aryl methyl sites for hydroxylation is 1. The molecule has 7 heteroatoms. The van der Waals surface area contributed by atoms with Gasteiger partial charge in [0.15, 0.2) is 0 Å². The second-order valence-electron chi connectivity index (χ2n) is 5.53. The quantitative estimate of drug-likeness (QED) is 0.521. The fourth-order valence-electron chi connectivity index (χ4n) is 2.43. The van der Waals surface area contributed by atoms with Crippen molar-refractivity contribution >= 4 is 39.2 Å². The molecule has 0 aliphatic carbocycles. The lowest BCUT2D eigenvalue weighted by Crippen LogP contribution is -2.22. The van der Waals surface area contributed by atoms with Crippen molar-refractivity contribution in [1.29, 1.82) is 0 Å². The third-order valence-electron chi connectivity index (χ3n) is 3.68. The van der Waals surface area contributed by atoms with E-state index < -0.39 is 0 Å². The van der Waals surface area contributed by atoms with Crippen LogP contribution >= 0.6 is 23.1 Å². The van der Waals surface area contributed by atoms with Gasteiger partial charge in [-0.15, -0.1) is 11.3 Å². The molecule has 0 bridgehead atoms. The highest BCUT2D eigenvalue weighted by molar-refractivity contribution is 8.00. The minimum Gasteiger partial charge on any atom is -0.494 e. The SMILES string of the molecule is CCOc1ccc(-c2csc3nc(C)nc(SC(C)C(N)=O)c23)cc1. The number of amides is 1. The number of nitrogens with zero attached hydrogens (tertiary/aromatic N) is 2. The van der Waals surface area contributed by atoms with E-state index in [1.165, 1.54) is 11.8 Å². The van der Waals surface area contributed by atoms with E-state index in [1.54, 1.807) is 18.3 Å². The van der Waals surface area contributed by atoms with Gasteiger partial charge in [-0.3, -0.25) is 4.79 Å². The number of hydrogen-bond acceptors (Lipinski definition) is 6. The molecular formula is C18H19N3O2S2. The summed E-state index contributed by atoms with van der Waals surface area (Å²) in [6, 6.07) is 7.96. The molecule has 5 nitrogen and oxygen atoms in total. The molecule has 3 rings (SSSR count). The molecule has 0 radical (unpaired) electrons. The van der Waals surface area contributed by atoms with Gasteiger partial charge in [-0.05, 0) is 38.5 Å². The number of benzene rings is 1. The van der Waals surface area contributed by atoms with Crippen LogP contribution in [0.4, 0.5) is 0 Å². The summed E-state index contributed by atoms with van der Waals surface area (Å²) < 4.78 is 5.51. The van der Waals surface area contributed by atoms with Gasteiger partial charge in [0.2, 0.25) is 5.91 Å². The largest absolute Gasteiger partial charge is 0.494 e. The Hall–Kier alpha value is -2.12. The lowest BCUT2D eigenvalue weighted by molar-refractivity contribution is -0.117. The Morgan fingerprint density at radius 1 is 1.32 bits per heavy atom. The van der Waals surface area contributed by atoms with Crippen LogP contribution in [0.25, 0.3) is 21.3 Å². The van der Waals surface area contributed by atoms with Gasteiger partial charge in [0.05, 0.1) is 17.2 Å². The van der Waals surface area contributed by atoms with Crippen LogP contribution in [0.3, 0.4) is 0 Å². The molecule has 1 atom stereocenters. The highest BCUT2D eigenvalue weighted by Crippen LogP contribution is 2.39. The van der Waals surface area contributed by atoms with Crippen molar-refractivity contribution in [2.45, 2.75) is 31.0 Å². The average Bonchev–Trinajstić information content (AvgIpc) is 2.99. The molecule has 1 amide bonds. The summed E-state index contributed by atoms with van der Waals surface area (Å²) >= 11 is 2.95. The molecular weight excluding hydrogens is 354 g/mol. The molecule has 0 fully saturated rings. The van der Waals surface area contributed by atoms with Gasteiger partial charge < -0.3 is 10.5 Å². The third-order valence-corrected chi connectivity index (χ3v) is 5.65. The maximum Gasteiger partial charge on any atom is 0.230 e. The third kappa shape index (κ3) is 3.77. The van der Waals surface area contributed by atoms with Gasteiger partial charge in [-0.1, -0.05) is 23.9 Å². The van der Waals surface area contributed by atoms with Crippen molar-refractivity contribution in [3.05, 3.63) is 35.5 Å². The van der Waals surface area contributed by atoms with Gasteiger partial charge in [0.25, 0.3) is 0 Å². The molecule has 0 aliphatic rings. The summed E-state index contributed by atoms with van der Waals surface area (Å²) in [6.07, 6.45) is 0. The first-order valence-electron chi connectivity index (χ1n) is 7.94. The Morgan fingerprint density at radius 3 is 2.68 bits per heavy atom. The minimum absolute atomic E-state index is 0.354. The van der Waals surface area contributed by atoms with Crippen LogP contribution in [-0.2, 0) is 4.79 Å². The number of carbonyl (C=O) groups is 1. The van der Waals surface area contributed by atoms with Crippen LogP contribution < -0.4 is 10.5 Å². The number of aromatic nitrogens is 2. The lowest BCUT2D eigenvalue weighted by Gasteiger charge is -2.10. The second kappa shape index (κ2) is 7.41. The van der Waals surface area contributed by atoms with Crippen molar-refractivity contribution in [1.82, 2.24) is 9.97 Å². The zero-order chi connectivity index (χ0) is 18.0. The van der Waals surface area contributed by atoms with Gasteiger partial charge in [0, 0.05) is 10.9 Å². The monoisotopic (exact) mass is 373 g/mol. The highest BCUT2D eigenvalue weighted by Gasteiger charge is 2.19.